The first-order valence-electron chi connectivity index (χ1n) is 16.2. The van der Waals surface area contributed by atoms with Crippen LogP contribution < -0.4 is 0 Å². The number of rotatable bonds is 9. The number of ether oxygens (including phenoxy) is 1. The fourth-order valence-corrected chi connectivity index (χ4v) is 12.5. The molecule has 0 bridgehead atoms. The SMILES string of the molecule is C1CCOC1.C[Si](C)([N-]c1ccccc1)N1CCN([Si](C)(C)[N-]c2ccccc2)CCN([Si](C)(C)[N-]c2ccccc2)CC1.[La+3]. The maximum Gasteiger partial charge on any atom is 3.00 e. The zero-order valence-corrected chi connectivity index (χ0v) is 35.0. The van der Waals surface area contributed by atoms with E-state index >= 15 is 0 Å². The van der Waals surface area contributed by atoms with Gasteiger partial charge in [0.1, 0.15) is 0 Å². The standard InChI is InChI=1S/C30H45N6Si3.C4H8O.La/c1-37(2,31-28-16-10-7-11-17-28)34-22-24-35(38(3,4)32-29-18-12-8-13-19-29)26-27-36(25-23-34)39(5,6)33-30-20-14-9-15-21-30;1-2-4-5-3-1;/h7-21H,22-27H2,1-6H3;1-4H2;/q-3;;+3. The van der Waals surface area contributed by atoms with Gasteiger partial charge in [0.05, 0.1) is 0 Å². The Morgan fingerprint density at radius 1 is 0.444 bits per heavy atom. The van der Waals surface area contributed by atoms with E-state index in [0.29, 0.717) is 0 Å². The number of hydrogen-bond acceptors (Lipinski definition) is 4. The molecular formula is C34H53LaN6OSi3. The monoisotopic (exact) mass is 784 g/mol. The molecule has 0 radical (unpaired) electrons. The minimum atomic E-state index is -2.07. The average Bonchev–Trinajstić information content (AvgIpc) is 3.61. The van der Waals surface area contributed by atoms with E-state index < -0.39 is 25.2 Å². The third-order valence-electron chi connectivity index (χ3n) is 8.55. The van der Waals surface area contributed by atoms with Crippen LogP contribution in [0.5, 0.6) is 0 Å². The molecule has 2 aliphatic heterocycles. The first kappa shape index (κ1) is 38.2. The molecule has 2 saturated heterocycles. The molecule has 0 spiro atoms. The van der Waals surface area contributed by atoms with Gasteiger partial charge in [-0.2, -0.15) is 0 Å². The van der Waals surface area contributed by atoms with Gasteiger partial charge in [0.15, 0.2) is 0 Å². The molecule has 0 saturated carbocycles. The molecule has 3 aromatic carbocycles. The molecule has 0 aromatic heterocycles. The zero-order valence-electron chi connectivity index (χ0n) is 28.4. The van der Waals surface area contributed by atoms with Crippen LogP contribution in [0.1, 0.15) is 12.8 Å². The van der Waals surface area contributed by atoms with Gasteiger partial charge in [-0.05, 0) is 12.8 Å². The topological polar surface area (TPSA) is 61.3 Å². The van der Waals surface area contributed by atoms with Crippen LogP contribution in [0.25, 0.3) is 14.9 Å². The molecule has 11 heteroatoms. The summed E-state index contributed by atoms with van der Waals surface area (Å²) in [4.78, 5) is 16.0. The van der Waals surface area contributed by atoms with Crippen LogP contribution in [0.3, 0.4) is 0 Å². The quantitative estimate of drug-likeness (QED) is 0.204. The summed E-state index contributed by atoms with van der Waals surface area (Å²) >= 11 is 0. The fourth-order valence-electron chi connectivity index (χ4n) is 5.88. The second kappa shape index (κ2) is 18.3. The number of nitrogens with zero attached hydrogens (tertiary/aromatic N) is 6. The van der Waals surface area contributed by atoms with Crippen molar-refractivity contribution in [2.75, 3.05) is 52.5 Å². The Balaban J connectivity index is 0.000000837. The van der Waals surface area contributed by atoms with Crippen molar-refractivity contribution < 1.29 is 40.3 Å². The van der Waals surface area contributed by atoms with E-state index in [1.165, 1.54) is 12.8 Å². The van der Waals surface area contributed by atoms with Crippen molar-refractivity contribution in [3.05, 3.63) is 106 Å². The van der Waals surface area contributed by atoms with E-state index in [0.717, 1.165) is 69.5 Å². The number of hydrogen-bond donors (Lipinski definition) is 0. The predicted molar refractivity (Wildman–Crippen MR) is 196 cm³/mol. The largest absolute Gasteiger partial charge is 3.00 e. The van der Waals surface area contributed by atoms with Gasteiger partial charge in [0.2, 0.25) is 0 Å². The molecule has 240 valence electrons. The van der Waals surface area contributed by atoms with Crippen molar-refractivity contribution in [3.8, 4) is 0 Å². The summed E-state index contributed by atoms with van der Waals surface area (Å²) in [7, 11) is -6.21. The van der Waals surface area contributed by atoms with Gasteiger partial charge in [-0.3, -0.25) is 0 Å². The van der Waals surface area contributed by atoms with E-state index in [4.69, 9.17) is 19.7 Å². The van der Waals surface area contributed by atoms with Crippen molar-refractivity contribution in [3.63, 3.8) is 0 Å². The van der Waals surface area contributed by atoms with E-state index in [-0.39, 0.29) is 35.6 Å². The van der Waals surface area contributed by atoms with Gasteiger partial charge < -0.3 is 33.4 Å². The van der Waals surface area contributed by atoms with Crippen molar-refractivity contribution in [2.45, 2.75) is 52.1 Å². The first-order valence-corrected chi connectivity index (χ1v) is 24.9. The average molecular weight is 785 g/mol. The molecule has 3 aromatic rings. The van der Waals surface area contributed by atoms with E-state index in [1.54, 1.807) is 0 Å². The predicted octanol–water partition coefficient (Wildman–Crippen LogP) is 8.92. The molecule has 0 N–H and O–H groups in total. The fraction of sp³-hybridized carbons (Fsp3) is 0.471. The van der Waals surface area contributed by atoms with Crippen LogP contribution in [-0.4, -0.2) is 91.4 Å². The van der Waals surface area contributed by atoms with Crippen LogP contribution >= 0.6 is 0 Å². The van der Waals surface area contributed by atoms with E-state index in [2.05, 4.69) is 144 Å². The smallest absolute Gasteiger partial charge is 0.675 e. The first-order chi connectivity index (χ1) is 21.1. The van der Waals surface area contributed by atoms with E-state index in [1.807, 2.05) is 0 Å². The molecule has 0 atom stereocenters. The molecule has 0 unspecified atom stereocenters. The van der Waals surface area contributed by atoms with Gasteiger partial charge in [-0.25, -0.2) is 0 Å². The molecule has 2 aliphatic rings. The summed E-state index contributed by atoms with van der Waals surface area (Å²) in [5, 5.41) is 0. The van der Waals surface area contributed by atoms with Crippen LogP contribution in [0.4, 0.5) is 17.1 Å². The molecule has 45 heavy (non-hydrogen) atoms. The third-order valence-corrected chi connectivity index (χ3v) is 16.9. The molecule has 5 rings (SSSR count). The Kier molecular flexibility index (Phi) is 15.6. The molecule has 0 amide bonds. The van der Waals surface area contributed by atoms with Crippen LogP contribution in [0.2, 0.25) is 39.3 Å². The van der Waals surface area contributed by atoms with Crippen LogP contribution in [-0.2, 0) is 4.74 Å². The summed E-state index contributed by atoms with van der Waals surface area (Å²) < 4.78 is 13.0. The minimum Gasteiger partial charge on any atom is -0.675 e. The Morgan fingerprint density at radius 2 is 0.689 bits per heavy atom. The molecule has 2 heterocycles. The van der Waals surface area contributed by atoms with Gasteiger partial charge in [0, 0.05) is 77.7 Å². The summed E-state index contributed by atoms with van der Waals surface area (Å²) in [6, 6.07) is 31.5. The molecular weight excluding hydrogens is 732 g/mol. The van der Waals surface area contributed by atoms with E-state index in [9.17, 15) is 0 Å². The second-order valence-electron chi connectivity index (χ2n) is 13.1. The molecule has 0 aliphatic carbocycles. The zero-order chi connectivity index (χ0) is 31.5. The van der Waals surface area contributed by atoms with Crippen LogP contribution in [0.15, 0.2) is 91.0 Å². The minimum absolute atomic E-state index is 0. The summed E-state index contributed by atoms with van der Waals surface area (Å²) in [6.45, 7) is 22.4. The Hall–Kier alpha value is -1.25. The van der Waals surface area contributed by atoms with Crippen molar-refractivity contribution >= 4 is 42.3 Å². The summed E-state index contributed by atoms with van der Waals surface area (Å²) in [6.07, 6.45) is 2.56. The second-order valence-corrected chi connectivity index (χ2v) is 24.6. The normalized spacial score (nSPS) is 17.5. The van der Waals surface area contributed by atoms with Crippen molar-refractivity contribution in [1.82, 2.24) is 13.7 Å². The van der Waals surface area contributed by atoms with Crippen LogP contribution in [0, 0.1) is 35.6 Å². The Labute approximate surface area is 304 Å². The van der Waals surface area contributed by atoms with Gasteiger partial charge in [-0.15, -0.1) is 17.1 Å². The maximum atomic E-state index is 5.33. The Morgan fingerprint density at radius 3 is 0.889 bits per heavy atom. The molecule has 2 fully saturated rings. The maximum absolute atomic E-state index is 5.33. The van der Waals surface area contributed by atoms with Gasteiger partial charge in [-0.1, -0.05) is 130 Å². The van der Waals surface area contributed by atoms with Crippen molar-refractivity contribution in [2.24, 2.45) is 0 Å². The summed E-state index contributed by atoms with van der Waals surface area (Å²) in [5.41, 5.74) is 3.26. The number of benzene rings is 3. The molecule has 7 nitrogen and oxygen atoms in total. The third kappa shape index (κ3) is 12.4. The van der Waals surface area contributed by atoms with Crippen molar-refractivity contribution in [1.29, 1.82) is 0 Å². The Bertz CT molecular complexity index is 1070. The van der Waals surface area contributed by atoms with Gasteiger partial charge >= 0.3 is 35.6 Å². The van der Waals surface area contributed by atoms with Gasteiger partial charge in [0.25, 0.3) is 0 Å². The summed E-state index contributed by atoms with van der Waals surface area (Å²) in [5.74, 6) is 0.